The van der Waals surface area contributed by atoms with E-state index in [1.54, 1.807) is 0 Å². The molecule has 1 aliphatic rings. The average molecular weight is 250 g/mol. The highest BCUT2D eigenvalue weighted by Crippen LogP contribution is 2.16. The number of piperidine rings is 1. The first-order valence-electron chi connectivity index (χ1n) is 6.44. The second-order valence-corrected chi connectivity index (χ2v) is 4.86. The zero-order valence-corrected chi connectivity index (χ0v) is 10.6. The lowest BCUT2D eigenvalue weighted by Crippen LogP contribution is -2.42. The summed E-state index contributed by atoms with van der Waals surface area (Å²) in [6.07, 6.45) is 2.18. The molecule has 0 bridgehead atoms. The molecule has 0 aromatic heterocycles. The molecule has 1 fully saturated rings. The van der Waals surface area contributed by atoms with Crippen molar-refractivity contribution in [3.63, 3.8) is 0 Å². The Bertz CT molecular complexity index is 399. The van der Waals surface area contributed by atoms with E-state index < -0.39 is 0 Å². The summed E-state index contributed by atoms with van der Waals surface area (Å²) in [4.78, 5) is 12.0. The first kappa shape index (κ1) is 13.0. The molecule has 0 spiro atoms. The Balaban J connectivity index is 1.91. The van der Waals surface area contributed by atoms with Crippen LogP contribution in [-0.2, 0) is 0 Å². The van der Waals surface area contributed by atoms with Crippen molar-refractivity contribution in [1.29, 1.82) is 0 Å². The fourth-order valence-electron chi connectivity index (χ4n) is 2.35. The molecule has 1 aromatic carbocycles. The number of halogens is 1. The molecule has 0 radical (unpaired) electrons. The van der Waals surface area contributed by atoms with Crippen LogP contribution in [0.15, 0.2) is 24.3 Å². The van der Waals surface area contributed by atoms with Crippen LogP contribution < -0.4 is 10.6 Å². The molecule has 1 amide bonds. The van der Waals surface area contributed by atoms with Gasteiger partial charge in [-0.2, -0.15) is 0 Å². The Morgan fingerprint density at radius 3 is 2.56 bits per heavy atom. The van der Waals surface area contributed by atoms with Gasteiger partial charge in [0.2, 0.25) is 0 Å². The summed E-state index contributed by atoms with van der Waals surface area (Å²) in [6.45, 7) is 4.07. The van der Waals surface area contributed by atoms with E-state index in [0.29, 0.717) is 11.5 Å². The van der Waals surface area contributed by atoms with Crippen LogP contribution in [0.2, 0.25) is 0 Å². The summed E-state index contributed by atoms with van der Waals surface area (Å²) in [6, 6.07) is 5.80. The third kappa shape index (κ3) is 3.29. The molecule has 1 unspecified atom stereocenters. The molecule has 1 atom stereocenters. The van der Waals surface area contributed by atoms with Crippen LogP contribution in [-0.4, -0.2) is 25.0 Å². The Labute approximate surface area is 107 Å². The number of rotatable bonds is 3. The van der Waals surface area contributed by atoms with E-state index in [2.05, 4.69) is 10.6 Å². The smallest absolute Gasteiger partial charge is 0.251 e. The van der Waals surface area contributed by atoms with Crippen molar-refractivity contribution in [2.45, 2.75) is 25.8 Å². The quantitative estimate of drug-likeness (QED) is 0.861. The second-order valence-electron chi connectivity index (χ2n) is 4.86. The van der Waals surface area contributed by atoms with Gasteiger partial charge >= 0.3 is 0 Å². The van der Waals surface area contributed by atoms with Gasteiger partial charge < -0.3 is 10.6 Å². The van der Waals surface area contributed by atoms with Gasteiger partial charge in [0.25, 0.3) is 5.91 Å². The summed E-state index contributed by atoms with van der Waals surface area (Å²) in [5.74, 6) is 0.0784. The van der Waals surface area contributed by atoms with E-state index in [-0.39, 0.29) is 17.8 Å². The minimum Gasteiger partial charge on any atom is -0.349 e. The van der Waals surface area contributed by atoms with Crippen LogP contribution in [0.3, 0.4) is 0 Å². The van der Waals surface area contributed by atoms with Crippen LogP contribution in [0.4, 0.5) is 4.39 Å². The van der Waals surface area contributed by atoms with Gasteiger partial charge in [-0.15, -0.1) is 0 Å². The van der Waals surface area contributed by atoms with Gasteiger partial charge in [-0.25, -0.2) is 4.39 Å². The normalized spacial score (nSPS) is 18.3. The zero-order valence-electron chi connectivity index (χ0n) is 10.6. The molecular formula is C14H19FN2O. The Kier molecular flexibility index (Phi) is 4.31. The van der Waals surface area contributed by atoms with Gasteiger partial charge in [0.1, 0.15) is 5.82 Å². The van der Waals surface area contributed by atoms with Crippen molar-refractivity contribution < 1.29 is 9.18 Å². The minimum atomic E-state index is -0.321. The predicted molar refractivity (Wildman–Crippen MR) is 68.9 cm³/mol. The second kappa shape index (κ2) is 5.96. The first-order valence-corrected chi connectivity index (χ1v) is 6.44. The number of carbonyl (C=O) groups excluding carboxylic acids is 1. The number of hydrogen-bond donors (Lipinski definition) is 2. The van der Waals surface area contributed by atoms with Crippen LogP contribution in [0.25, 0.3) is 0 Å². The third-order valence-electron chi connectivity index (χ3n) is 3.56. The highest BCUT2D eigenvalue weighted by Gasteiger charge is 2.21. The van der Waals surface area contributed by atoms with Crippen LogP contribution in [0.1, 0.15) is 30.1 Å². The molecule has 2 N–H and O–H groups in total. The first-order chi connectivity index (χ1) is 8.66. The maximum atomic E-state index is 12.8. The summed E-state index contributed by atoms with van der Waals surface area (Å²) in [7, 11) is 0. The molecule has 1 aromatic rings. The van der Waals surface area contributed by atoms with Gasteiger partial charge in [-0.05, 0) is 63.0 Å². The van der Waals surface area contributed by atoms with Gasteiger partial charge in [0.15, 0.2) is 0 Å². The van der Waals surface area contributed by atoms with E-state index in [4.69, 9.17) is 0 Å². The van der Waals surface area contributed by atoms with Gasteiger partial charge in [0.05, 0.1) is 0 Å². The molecule has 2 rings (SSSR count). The molecular weight excluding hydrogens is 231 g/mol. The van der Waals surface area contributed by atoms with E-state index >= 15 is 0 Å². The van der Waals surface area contributed by atoms with Crippen molar-refractivity contribution >= 4 is 5.91 Å². The standard InChI is InChI=1S/C14H19FN2O/c1-10(11-6-8-16-9-7-11)17-14(18)12-2-4-13(15)5-3-12/h2-5,10-11,16H,6-9H2,1H3,(H,17,18). The number of nitrogens with one attached hydrogen (secondary N) is 2. The highest BCUT2D eigenvalue weighted by atomic mass is 19.1. The molecule has 98 valence electrons. The SMILES string of the molecule is CC(NC(=O)c1ccc(F)cc1)C1CCNCC1. The maximum Gasteiger partial charge on any atom is 0.251 e. The van der Waals surface area contributed by atoms with Crippen molar-refractivity contribution in [2.24, 2.45) is 5.92 Å². The molecule has 0 aliphatic carbocycles. The highest BCUT2D eigenvalue weighted by molar-refractivity contribution is 5.94. The molecule has 1 heterocycles. The molecule has 1 aliphatic heterocycles. The lowest BCUT2D eigenvalue weighted by atomic mass is 9.91. The topological polar surface area (TPSA) is 41.1 Å². The molecule has 18 heavy (non-hydrogen) atoms. The summed E-state index contributed by atoms with van der Waals surface area (Å²) in [5.41, 5.74) is 0.511. The van der Waals surface area contributed by atoms with E-state index in [1.165, 1.54) is 24.3 Å². The fourth-order valence-corrected chi connectivity index (χ4v) is 2.35. The Hall–Kier alpha value is -1.42. The van der Waals surface area contributed by atoms with Crippen molar-refractivity contribution in [2.75, 3.05) is 13.1 Å². The van der Waals surface area contributed by atoms with E-state index in [9.17, 15) is 9.18 Å². The Morgan fingerprint density at radius 1 is 1.33 bits per heavy atom. The van der Waals surface area contributed by atoms with Gasteiger partial charge in [-0.3, -0.25) is 4.79 Å². The van der Waals surface area contributed by atoms with E-state index in [1.807, 2.05) is 6.92 Å². The monoisotopic (exact) mass is 250 g/mol. The van der Waals surface area contributed by atoms with Crippen LogP contribution in [0, 0.1) is 11.7 Å². The maximum absolute atomic E-state index is 12.8. The van der Waals surface area contributed by atoms with Crippen molar-refractivity contribution in [1.82, 2.24) is 10.6 Å². The van der Waals surface area contributed by atoms with Crippen molar-refractivity contribution in [3.05, 3.63) is 35.6 Å². The van der Waals surface area contributed by atoms with Crippen LogP contribution >= 0.6 is 0 Å². The summed E-state index contributed by atoms with van der Waals surface area (Å²) < 4.78 is 12.8. The molecule has 3 nitrogen and oxygen atoms in total. The predicted octanol–water partition coefficient (Wildman–Crippen LogP) is 1.94. The van der Waals surface area contributed by atoms with E-state index in [0.717, 1.165) is 25.9 Å². The van der Waals surface area contributed by atoms with Crippen LogP contribution in [0.5, 0.6) is 0 Å². The molecule has 1 saturated heterocycles. The van der Waals surface area contributed by atoms with Crippen molar-refractivity contribution in [3.8, 4) is 0 Å². The summed E-state index contributed by atoms with van der Waals surface area (Å²) >= 11 is 0. The molecule has 4 heteroatoms. The third-order valence-corrected chi connectivity index (χ3v) is 3.56. The average Bonchev–Trinajstić information content (AvgIpc) is 2.40. The lowest BCUT2D eigenvalue weighted by molar-refractivity contribution is 0.0920. The lowest BCUT2D eigenvalue weighted by Gasteiger charge is -2.28. The Morgan fingerprint density at radius 2 is 1.94 bits per heavy atom. The number of benzene rings is 1. The minimum absolute atomic E-state index is 0.124. The van der Waals surface area contributed by atoms with Gasteiger partial charge in [0, 0.05) is 11.6 Å². The largest absolute Gasteiger partial charge is 0.349 e. The number of carbonyl (C=O) groups is 1. The summed E-state index contributed by atoms with van der Waals surface area (Å²) in [5, 5.41) is 6.30. The molecule has 0 saturated carbocycles. The number of hydrogen-bond acceptors (Lipinski definition) is 2. The fraction of sp³-hybridized carbons (Fsp3) is 0.500. The van der Waals surface area contributed by atoms with Gasteiger partial charge in [-0.1, -0.05) is 0 Å². The number of amides is 1. The zero-order chi connectivity index (χ0) is 13.0.